The lowest BCUT2D eigenvalue weighted by molar-refractivity contribution is -0.174. The number of hydrogen-bond donors (Lipinski definition) is 1. The van der Waals surface area contributed by atoms with Gasteiger partial charge in [-0.25, -0.2) is 4.79 Å². The van der Waals surface area contributed by atoms with Crippen LogP contribution in [-0.2, 0) is 30.4 Å². The molecule has 0 aliphatic carbocycles. The number of rotatable bonds is 12. The number of carbonyl (C=O) groups excluding carboxylic acids is 3. The van der Waals surface area contributed by atoms with Crippen molar-refractivity contribution in [2.24, 2.45) is 5.41 Å². The lowest BCUT2D eigenvalue weighted by Gasteiger charge is -2.35. The van der Waals surface area contributed by atoms with Gasteiger partial charge in [-0.15, -0.1) is 6.58 Å². The first-order valence-electron chi connectivity index (χ1n) is 9.88. The van der Waals surface area contributed by atoms with Gasteiger partial charge in [0.1, 0.15) is 6.61 Å². The molecular formula is C22H31NO6. The van der Waals surface area contributed by atoms with Crippen LogP contribution in [0.4, 0.5) is 4.79 Å². The molecule has 7 heteroatoms. The van der Waals surface area contributed by atoms with Crippen molar-refractivity contribution in [2.45, 2.75) is 52.7 Å². The van der Waals surface area contributed by atoms with Crippen LogP contribution in [0.1, 0.15) is 45.6 Å². The molecule has 1 N–H and O–H groups in total. The van der Waals surface area contributed by atoms with E-state index in [4.69, 9.17) is 14.2 Å². The van der Waals surface area contributed by atoms with Crippen LogP contribution in [0.5, 0.6) is 0 Å². The Hall–Kier alpha value is -2.83. The van der Waals surface area contributed by atoms with Crippen molar-refractivity contribution in [3.8, 4) is 0 Å². The van der Waals surface area contributed by atoms with Gasteiger partial charge in [-0.3, -0.25) is 9.59 Å². The fourth-order valence-corrected chi connectivity index (χ4v) is 3.06. The largest absolute Gasteiger partial charge is 0.465 e. The van der Waals surface area contributed by atoms with Gasteiger partial charge < -0.3 is 19.5 Å². The van der Waals surface area contributed by atoms with Crippen molar-refractivity contribution in [1.29, 1.82) is 0 Å². The Balaban J connectivity index is 3.12. The number of carbonyl (C=O) groups is 3. The lowest BCUT2D eigenvalue weighted by Crippen LogP contribution is -2.57. The fraction of sp³-hybridized carbons (Fsp3) is 0.500. The first-order valence-corrected chi connectivity index (χ1v) is 9.88. The molecule has 0 aromatic heterocycles. The summed E-state index contributed by atoms with van der Waals surface area (Å²) in [6.45, 7) is 9.11. The molecule has 1 unspecified atom stereocenters. The Bertz CT molecular complexity index is 655. The third kappa shape index (κ3) is 6.62. The number of ether oxygens (including phenoxy) is 3. The molecule has 0 aliphatic rings. The zero-order chi connectivity index (χ0) is 21.7. The van der Waals surface area contributed by atoms with Gasteiger partial charge in [0.05, 0.1) is 19.3 Å². The summed E-state index contributed by atoms with van der Waals surface area (Å²) in [5, 5.41) is 2.68. The van der Waals surface area contributed by atoms with Crippen molar-refractivity contribution in [3.05, 3.63) is 48.6 Å². The number of allylic oxidation sites excluding steroid dienone is 1. The number of esters is 2. The van der Waals surface area contributed by atoms with Crippen LogP contribution in [-0.4, -0.2) is 37.3 Å². The van der Waals surface area contributed by atoms with Crippen molar-refractivity contribution in [2.75, 3.05) is 13.2 Å². The zero-order valence-electron chi connectivity index (χ0n) is 17.4. The van der Waals surface area contributed by atoms with E-state index in [1.165, 1.54) is 6.08 Å². The predicted octanol–water partition coefficient (Wildman–Crippen LogP) is 3.77. The van der Waals surface area contributed by atoms with Crippen molar-refractivity contribution < 1.29 is 28.6 Å². The molecule has 0 heterocycles. The van der Waals surface area contributed by atoms with E-state index in [2.05, 4.69) is 11.9 Å². The minimum Gasteiger partial charge on any atom is -0.465 e. The molecule has 1 aromatic carbocycles. The summed E-state index contributed by atoms with van der Waals surface area (Å²) in [7, 11) is 0. The molecular weight excluding hydrogens is 374 g/mol. The lowest BCUT2D eigenvalue weighted by atomic mass is 9.75. The van der Waals surface area contributed by atoms with Gasteiger partial charge in [-0.1, -0.05) is 49.8 Å². The van der Waals surface area contributed by atoms with Gasteiger partial charge in [-0.05, 0) is 32.3 Å². The van der Waals surface area contributed by atoms with Gasteiger partial charge >= 0.3 is 18.0 Å². The molecule has 29 heavy (non-hydrogen) atoms. The van der Waals surface area contributed by atoms with E-state index < -0.39 is 29.5 Å². The Morgan fingerprint density at radius 1 is 1.03 bits per heavy atom. The Morgan fingerprint density at radius 3 is 2.10 bits per heavy atom. The predicted molar refractivity (Wildman–Crippen MR) is 109 cm³/mol. The van der Waals surface area contributed by atoms with Crippen LogP contribution in [0.15, 0.2) is 43.0 Å². The highest BCUT2D eigenvalue weighted by molar-refractivity contribution is 6.01. The third-order valence-electron chi connectivity index (χ3n) is 4.42. The van der Waals surface area contributed by atoms with Gasteiger partial charge in [0, 0.05) is 0 Å². The number of alkyl carbamates (subject to hydrolysis) is 1. The van der Waals surface area contributed by atoms with E-state index in [-0.39, 0.29) is 26.2 Å². The molecule has 1 rings (SSSR count). The summed E-state index contributed by atoms with van der Waals surface area (Å²) in [5.41, 5.74) is -0.905. The quantitative estimate of drug-likeness (QED) is 0.246. The summed E-state index contributed by atoms with van der Waals surface area (Å²) in [6.07, 6.45) is 1.66. The molecule has 1 amide bonds. The van der Waals surface area contributed by atoms with E-state index in [9.17, 15) is 14.4 Å². The topological polar surface area (TPSA) is 90.9 Å². The highest BCUT2D eigenvalue weighted by Gasteiger charge is 2.54. The summed E-state index contributed by atoms with van der Waals surface area (Å²) in [4.78, 5) is 38.2. The van der Waals surface area contributed by atoms with Gasteiger partial charge in [-0.2, -0.15) is 0 Å². The van der Waals surface area contributed by atoms with E-state index in [0.717, 1.165) is 5.56 Å². The summed E-state index contributed by atoms with van der Waals surface area (Å²) in [5.74, 6) is -1.50. The number of hydrogen-bond acceptors (Lipinski definition) is 6. The highest BCUT2D eigenvalue weighted by Crippen LogP contribution is 2.34. The monoisotopic (exact) mass is 405 g/mol. The van der Waals surface area contributed by atoms with Crippen LogP contribution in [0, 0.1) is 5.41 Å². The first kappa shape index (κ1) is 24.2. The van der Waals surface area contributed by atoms with E-state index in [1.807, 2.05) is 37.3 Å². The summed E-state index contributed by atoms with van der Waals surface area (Å²) < 4.78 is 15.6. The summed E-state index contributed by atoms with van der Waals surface area (Å²) >= 11 is 0. The van der Waals surface area contributed by atoms with Crippen molar-refractivity contribution >= 4 is 18.0 Å². The van der Waals surface area contributed by atoms with Gasteiger partial charge in [0.15, 0.2) is 5.41 Å². The molecule has 0 saturated heterocycles. The second kappa shape index (κ2) is 12.6. The second-order valence-electron chi connectivity index (χ2n) is 6.45. The van der Waals surface area contributed by atoms with Gasteiger partial charge in [0.2, 0.25) is 0 Å². The van der Waals surface area contributed by atoms with Crippen LogP contribution in [0.25, 0.3) is 0 Å². The Labute approximate surface area is 172 Å². The Kier molecular flexibility index (Phi) is 10.5. The average molecular weight is 405 g/mol. The SMILES string of the molecule is C=CCC(C(=O)OCC)(C(=O)OCC)C(CCC)NC(=O)OCc1ccccc1. The maximum Gasteiger partial charge on any atom is 0.407 e. The van der Waals surface area contributed by atoms with Crippen LogP contribution < -0.4 is 5.32 Å². The number of amides is 1. The van der Waals surface area contributed by atoms with Crippen LogP contribution >= 0.6 is 0 Å². The molecule has 0 spiro atoms. The van der Waals surface area contributed by atoms with E-state index in [0.29, 0.717) is 12.8 Å². The normalized spacial score (nSPS) is 11.8. The van der Waals surface area contributed by atoms with E-state index >= 15 is 0 Å². The van der Waals surface area contributed by atoms with E-state index in [1.54, 1.807) is 13.8 Å². The van der Waals surface area contributed by atoms with Gasteiger partial charge in [0.25, 0.3) is 0 Å². The van der Waals surface area contributed by atoms with Crippen LogP contribution in [0.2, 0.25) is 0 Å². The third-order valence-corrected chi connectivity index (χ3v) is 4.42. The fourth-order valence-electron chi connectivity index (χ4n) is 3.06. The summed E-state index contributed by atoms with van der Waals surface area (Å²) in [6, 6.07) is 8.34. The molecule has 0 radical (unpaired) electrons. The standard InChI is InChI=1S/C22H31NO6/c1-5-12-18(23-21(26)29-16-17-13-10-9-11-14-17)22(15-6-2,19(24)27-7-3)20(25)28-8-4/h6,9-11,13-14,18H,2,5,7-8,12,15-16H2,1,3-4H3,(H,23,26). The minimum absolute atomic E-state index is 0.0334. The molecule has 0 fully saturated rings. The molecule has 1 atom stereocenters. The maximum absolute atomic E-state index is 12.9. The maximum atomic E-state index is 12.9. The Morgan fingerprint density at radius 2 is 1.62 bits per heavy atom. The molecule has 7 nitrogen and oxygen atoms in total. The zero-order valence-corrected chi connectivity index (χ0v) is 17.4. The minimum atomic E-state index is -1.73. The van der Waals surface area contributed by atoms with Crippen molar-refractivity contribution in [3.63, 3.8) is 0 Å². The molecule has 1 aromatic rings. The molecule has 0 saturated carbocycles. The second-order valence-corrected chi connectivity index (χ2v) is 6.45. The highest BCUT2D eigenvalue weighted by atomic mass is 16.6. The molecule has 0 bridgehead atoms. The van der Waals surface area contributed by atoms with Crippen LogP contribution in [0.3, 0.4) is 0 Å². The smallest absolute Gasteiger partial charge is 0.407 e. The molecule has 0 aliphatic heterocycles. The average Bonchev–Trinajstić information content (AvgIpc) is 2.71. The number of nitrogens with one attached hydrogen (secondary N) is 1. The first-order chi connectivity index (χ1) is 14.0. The molecule has 160 valence electrons. The number of benzene rings is 1. The van der Waals surface area contributed by atoms with Crippen molar-refractivity contribution in [1.82, 2.24) is 5.32 Å².